The zero-order chi connectivity index (χ0) is 21.7. The molecule has 0 unspecified atom stereocenters. The molecule has 1 atom stereocenters. The zero-order valence-corrected chi connectivity index (χ0v) is 19.3. The average molecular weight is 388 g/mol. The monoisotopic (exact) mass is 387 g/mol. The van der Waals surface area contributed by atoms with E-state index in [9.17, 15) is 4.79 Å². The molecule has 1 rings (SSSR count). The maximum Gasteiger partial charge on any atom is 0.339 e. The van der Waals surface area contributed by atoms with Crippen molar-refractivity contribution < 1.29 is 9.53 Å². The number of esters is 1. The molecule has 0 saturated heterocycles. The molecule has 3 nitrogen and oxygen atoms in total. The molecule has 0 fully saturated rings. The zero-order valence-electron chi connectivity index (χ0n) is 19.3. The highest BCUT2D eigenvalue weighted by molar-refractivity contribution is 5.92. The minimum atomic E-state index is -0.298. The summed E-state index contributed by atoms with van der Waals surface area (Å²) in [4.78, 5) is 12.2. The Morgan fingerprint density at radius 3 is 2.43 bits per heavy atom. The Kier molecular flexibility index (Phi) is 13.0. The molecule has 0 spiro atoms. The second kappa shape index (κ2) is 14.0. The molecule has 0 aromatic rings. The molecule has 0 bridgehead atoms. The van der Waals surface area contributed by atoms with Crippen LogP contribution in [-0.4, -0.2) is 19.6 Å². The van der Waals surface area contributed by atoms with Crippen molar-refractivity contribution in [1.82, 2.24) is 5.32 Å². The normalized spacial score (nSPS) is 17.5. The Labute approximate surface area is 173 Å². The van der Waals surface area contributed by atoms with E-state index in [4.69, 9.17) is 4.74 Å². The molecule has 0 aliphatic heterocycles. The maximum atomic E-state index is 12.2. The molecule has 1 aliphatic rings. The molecule has 0 saturated carbocycles. The lowest BCUT2D eigenvalue weighted by atomic mass is 9.82. The van der Waals surface area contributed by atoms with Crippen LogP contribution in [0.15, 0.2) is 58.9 Å². The molecule has 0 aromatic carbocycles. The Bertz CT molecular complexity index is 629. The second-order valence-corrected chi connectivity index (χ2v) is 7.35. The van der Waals surface area contributed by atoms with Crippen molar-refractivity contribution in [1.29, 1.82) is 0 Å². The molecule has 158 valence electrons. The van der Waals surface area contributed by atoms with Gasteiger partial charge in [0.05, 0.1) is 12.7 Å². The molecular formula is C25H41NO2. The van der Waals surface area contributed by atoms with Crippen molar-refractivity contribution in [3.05, 3.63) is 58.9 Å². The summed E-state index contributed by atoms with van der Waals surface area (Å²) in [5.74, 6) is 0.315. The third-order valence-corrected chi connectivity index (χ3v) is 4.64. The van der Waals surface area contributed by atoms with E-state index in [2.05, 4.69) is 45.7 Å². The van der Waals surface area contributed by atoms with Crippen LogP contribution in [-0.2, 0) is 9.53 Å². The number of nitrogens with one attached hydrogen (secondary N) is 1. The van der Waals surface area contributed by atoms with Gasteiger partial charge in [0.1, 0.15) is 0 Å². The lowest BCUT2D eigenvalue weighted by Crippen LogP contribution is -2.29. The van der Waals surface area contributed by atoms with Crippen molar-refractivity contribution in [2.75, 3.05) is 13.7 Å². The van der Waals surface area contributed by atoms with E-state index in [1.807, 2.05) is 39.0 Å². The minimum absolute atomic E-state index is 0.206. The third kappa shape index (κ3) is 7.92. The van der Waals surface area contributed by atoms with Crippen LogP contribution >= 0.6 is 0 Å². The van der Waals surface area contributed by atoms with E-state index >= 15 is 0 Å². The fourth-order valence-corrected chi connectivity index (χ4v) is 3.50. The summed E-state index contributed by atoms with van der Waals surface area (Å²) in [5, 5.41) is 3.55. The summed E-state index contributed by atoms with van der Waals surface area (Å²) >= 11 is 0. The van der Waals surface area contributed by atoms with E-state index in [1.165, 1.54) is 30.2 Å². The maximum absolute atomic E-state index is 12.2. The Morgan fingerprint density at radius 2 is 1.96 bits per heavy atom. The highest BCUT2D eigenvalue weighted by Crippen LogP contribution is 2.32. The van der Waals surface area contributed by atoms with E-state index in [1.54, 1.807) is 0 Å². The van der Waals surface area contributed by atoms with E-state index in [0.717, 1.165) is 25.1 Å². The van der Waals surface area contributed by atoms with Crippen LogP contribution < -0.4 is 5.32 Å². The predicted molar refractivity (Wildman–Crippen MR) is 122 cm³/mol. The number of carbonyl (C=O) groups excluding carboxylic acids is 1. The van der Waals surface area contributed by atoms with Crippen molar-refractivity contribution in [2.24, 2.45) is 11.8 Å². The van der Waals surface area contributed by atoms with Crippen molar-refractivity contribution >= 4 is 5.97 Å². The molecule has 0 aromatic heterocycles. The minimum Gasteiger partial charge on any atom is -0.465 e. The highest BCUT2D eigenvalue weighted by atomic mass is 16.5. The summed E-state index contributed by atoms with van der Waals surface area (Å²) in [5.41, 5.74) is 5.59. The summed E-state index contributed by atoms with van der Waals surface area (Å²) in [6, 6.07) is 0. The van der Waals surface area contributed by atoms with Gasteiger partial charge < -0.3 is 10.1 Å². The van der Waals surface area contributed by atoms with Gasteiger partial charge in [0, 0.05) is 18.2 Å². The molecule has 0 amide bonds. The Morgan fingerprint density at radius 1 is 1.32 bits per heavy atom. The van der Waals surface area contributed by atoms with Gasteiger partial charge in [0.2, 0.25) is 0 Å². The van der Waals surface area contributed by atoms with Gasteiger partial charge in [0.15, 0.2) is 0 Å². The third-order valence-electron chi connectivity index (χ3n) is 4.64. The van der Waals surface area contributed by atoms with E-state index < -0.39 is 0 Å². The highest BCUT2D eigenvalue weighted by Gasteiger charge is 2.22. The molecule has 3 heteroatoms. The van der Waals surface area contributed by atoms with E-state index in [-0.39, 0.29) is 11.9 Å². The summed E-state index contributed by atoms with van der Waals surface area (Å²) in [7, 11) is 1.43. The van der Waals surface area contributed by atoms with Crippen molar-refractivity contribution in [3.63, 3.8) is 0 Å². The van der Waals surface area contributed by atoms with Crippen LogP contribution in [0.25, 0.3) is 0 Å². The van der Waals surface area contributed by atoms with Crippen LogP contribution in [0.1, 0.15) is 67.7 Å². The summed E-state index contributed by atoms with van der Waals surface area (Å²) in [6.07, 6.45) is 11.4. The first-order valence-corrected chi connectivity index (χ1v) is 10.5. The largest absolute Gasteiger partial charge is 0.465 e. The lowest BCUT2D eigenvalue weighted by Gasteiger charge is -2.28. The molecule has 0 heterocycles. The number of allylic oxidation sites excluding steroid dienone is 6. The summed E-state index contributed by atoms with van der Waals surface area (Å²) in [6.45, 7) is 19.2. The predicted octanol–water partition coefficient (Wildman–Crippen LogP) is 6.51. The van der Waals surface area contributed by atoms with Gasteiger partial charge >= 0.3 is 5.97 Å². The van der Waals surface area contributed by atoms with Crippen LogP contribution in [0, 0.1) is 11.8 Å². The smallest absolute Gasteiger partial charge is 0.339 e. The number of ether oxygens (including phenoxy) is 1. The van der Waals surface area contributed by atoms with Gasteiger partial charge in [-0.15, -0.1) is 0 Å². The first-order valence-electron chi connectivity index (χ1n) is 10.5. The van der Waals surface area contributed by atoms with Crippen LogP contribution in [0.4, 0.5) is 0 Å². The fourth-order valence-electron chi connectivity index (χ4n) is 3.50. The molecule has 28 heavy (non-hydrogen) atoms. The second-order valence-electron chi connectivity index (χ2n) is 7.35. The molecule has 1 aliphatic carbocycles. The molecular weight excluding hydrogens is 346 g/mol. The fraction of sp³-hybridized carbons (Fsp3) is 0.560. The van der Waals surface area contributed by atoms with Crippen LogP contribution in [0.2, 0.25) is 0 Å². The number of hydrogen-bond acceptors (Lipinski definition) is 3. The van der Waals surface area contributed by atoms with Gasteiger partial charge in [-0.2, -0.15) is 0 Å². The Hall–Kier alpha value is -2.03. The SMILES string of the molecule is C=CC1=C(C=C(C)C)CCC[C@H]1CN/C(=C(/C=C\C)C(=O)OC)C(C)C.CC. The Balaban J connectivity index is 0.00000352. The van der Waals surface area contributed by atoms with E-state index in [0.29, 0.717) is 11.5 Å². The van der Waals surface area contributed by atoms with Gasteiger partial charge in [-0.05, 0) is 57.1 Å². The molecule has 1 N–H and O–H groups in total. The topological polar surface area (TPSA) is 38.3 Å². The number of rotatable bonds is 8. The average Bonchev–Trinajstić information content (AvgIpc) is 2.67. The van der Waals surface area contributed by atoms with Gasteiger partial charge in [-0.25, -0.2) is 4.79 Å². The standard InChI is InChI=1S/C23H35NO2.C2H6/c1-8-11-21(23(25)26-7)22(17(5)6)24-15-19-13-10-12-18(14-16(3)4)20(19)9-2;1-2/h8-9,11,14,17,19,24H,2,10,12-13,15H2,1,3-7H3;1-2H3/b11-8-,22-21-;/t19-;/m0./s1. The van der Waals surface area contributed by atoms with Crippen LogP contribution in [0.5, 0.6) is 0 Å². The van der Waals surface area contributed by atoms with Crippen LogP contribution in [0.3, 0.4) is 0 Å². The van der Waals surface area contributed by atoms with Crippen molar-refractivity contribution in [3.8, 4) is 0 Å². The summed E-state index contributed by atoms with van der Waals surface area (Å²) < 4.78 is 4.97. The van der Waals surface area contributed by atoms with Gasteiger partial charge in [-0.3, -0.25) is 0 Å². The lowest BCUT2D eigenvalue weighted by molar-refractivity contribution is -0.135. The molecule has 0 radical (unpaired) electrons. The number of methoxy groups -OCH3 is 1. The first kappa shape index (κ1) is 26.0. The first-order chi connectivity index (χ1) is 13.3. The van der Waals surface area contributed by atoms with Gasteiger partial charge in [0.25, 0.3) is 0 Å². The quantitative estimate of drug-likeness (QED) is 0.293. The van der Waals surface area contributed by atoms with Gasteiger partial charge in [-0.1, -0.05) is 64.2 Å². The van der Waals surface area contributed by atoms with Crippen molar-refractivity contribution in [2.45, 2.75) is 67.7 Å². The number of carbonyl (C=O) groups is 1. The number of hydrogen-bond donors (Lipinski definition) is 1.